The summed E-state index contributed by atoms with van der Waals surface area (Å²) in [6.45, 7) is 2.61. The Hall–Kier alpha value is -4.15. The molecule has 34 heavy (non-hydrogen) atoms. The Morgan fingerprint density at radius 2 is 2.18 bits per heavy atom. The van der Waals surface area contributed by atoms with Gasteiger partial charge in [-0.05, 0) is 36.1 Å². The average molecular weight is 459 g/mol. The Morgan fingerprint density at radius 1 is 1.26 bits per heavy atom. The Morgan fingerprint density at radius 3 is 2.88 bits per heavy atom. The smallest absolute Gasteiger partial charge is 0.295 e. The lowest BCUT2D eigenvalue weighted by Crippen LogP contribution is -2.37. The number of hydrogen-bond donors (Lipinski definition) is 1. The SMILES string of the molecule is CCCCc1cn(-c2ncnn2C)c(=O)n1CC1(c2cccc(-c3nn[nH]n3)c2)C=CN=CC1. The number of rotatable bonds is 8. The molecule has 0 amide bonds. The summed E-state index contributed by atoms with van der Waals surface area (Å²) in [5.41, 5.74) is 2.29. The number of aliphatic imine (C=N–C) groups is 1. The highest BCUT2D eigenvalue weighted by Crippen LogP contribution is 2.35. The van der Waals surface area contributed by atoms with Gasteiger partial charge in [-0.3, -0.25) is 9.56 Å². The van der Waals surface area contributed by atoms with Crippen LogP contribution in [0, 0.1) is 0 Å². The van der Waals surface area contributed by atoms with Gasteiger partial charge < -0.3 is 0 Å². The number of nitrogens with one attached hydrogen (secondary N) is 1. The first kappa shape index (κ1) is 21.7. The predicted octanol–water partition coefficient (Wildman–Crippen LogP) is 2.22. The van der Waals surface area contributed by atoms with Crippen molar-refractivity contribution in [2.75, 3.05) is 0 Å². The summed E-state index contributed by atoms with van der Waals surface area (Å²) >= 11 is 0. The van der Waals surface area contributed by atoms with Crippen molar-refractivity contribution in [2.45, 2.75) is 44.6 Å². The second-order valence-electron chi connectivity index (χ2n) is 8.47. The van der Waals surface area contributed by atoms with Crippen molar-refractivity contribution >= 4 is 6.21 Å². The molecule has 11 heteroatoms. The number of tetrazole rings is 1. The van der Waals surface area contributed by atoms with E-state index in [1.807, 2.05) is 29.1 Å². The third-order valence-corrected chi connectivity index (χ3v) is 6.27. The van der Waals surface area contributed by atoms with Gasteiger partial charge in [0.05, 0.1) is 0 Å². The number of imidazole rings is 1. The summed E-state index contributed by atoms with van der Waals surface area (Å²) in [5.74, 6) is 1.02. The normalized spacial score (nSPS) is 17.5. The van der Waals surface area contributed by atoms with Crippen LogP contribution in [-0.2, 0) is 25.4 Å². The fourth-order valence-electron chi connectivity index (χ4n) is 4.39. The molecule has 1 aliphatic rings. The van der Waals surface area contributed by atoms with Gasteiger partial charge in [-0.2, -0.15) is 15.3 Å². The van der Waals surface area contributed by atoms with Crippen molar-refractivity contribution in [1.82, 2.24) is 44.5 Å². The number of aromatic amines is 1. The molecule has 0 fully saturated rings. The van der Waals surface area contributed by atoms with E-state index >= 15 is 0 Å². The molecule has 1 aliphatic heterocycles. The van der Waals surface area contributed by atoms with E-state index in [9.17, 15) is 4.79 Å². The van der Waals surface area contributed by atoms with Gasteiger partial charge in [0, 0.05) is 48.9 Å². The molecule has 1 N–H and O–H groups in total. The predicted molar refractivity (Wildman–Crippen MR) is 127 cm³/mol. The number of benzene rings is 1. The Balaban J connectivity index is 1.61. The van der Waals surface area contributed by atoms with Crippen LogP contribution in [0.25, 0.3) is 17.3 Å². The minimum atomic E-state index is -0.460. The summed E-state index contributed by atoms with van der Waals surface area (Å²) in [7, 11) is 1.78. The van der Waals surface area contributed by atoms with Gasteiger partial charge in [0.2, 0.25) is 11.8 Å². The Bertz CT molecular complexity index is 1390. The van der Waals surface area contributed by atoms with E-state index in [1.165, 1.54) is 6.33 Å². The molecule has 0 spiro atoms. The first-order chi connectivity index (χ1) is 16.6. The molecule has 1 unspecified atom stereocenters. The van der Waals surface area contributed by atoms with E-state index < -0.39 is 5.41 Å². The van der Waals surface area contributed by atoms with Crippen LogP contribution in [0.3, 0.4) is 0 Å². The average Bonchev–Trinajstić information content (AvgIpc) is 3.61. The summed E-state index contributed by atoms with van der Waals surface area (Å²) in [5, 5.41) is 18.6. The van der Waals surface area contributed by atoms with Crippen LogP contribution < -0.4 is 5.69 Å². The molecule has 1 aromatic carbocycles. The van der Waals surface area contributed by atoms with Crippen LogP contribution in [0.2, 0.25) is 0 Å². The van der Waals surface area contributed by atoms with E-state index in [-0.39, 0.29) is 5.69 Å². The number of aryl methyl sites for hydroxylation is 2. The molecule has 5 rings (SSSR count). The number of unbranched alkanes of at least 4 members (excludes halogenated alkanes) is 1. The molecule has 0 bridgehead atoms. The minimum absolute atomic E-state index is 0.133. The van der Waals surface area contributed by atoms with E-state index in [2.05, 4.69) is 60.8 Å². The van der Waals surface area contributed by atoms with Gasteiger partial charge in [-0.25, -0.2) is 14.0 Å². The van der Waals surface area contributed by atoms with Crippen molar-refractivity contribution in [1.29, 1.82) is 0 Å². The highest BCUT2D eigenvalue weighted by atomic mass is 16.2. The summed E-state index contributed by atoms with van der Waals surface area (Å²) in [6.07, 6.45) is 12.6. The van der Waals surface area contributed by atoms with Crippen molar-refractivity contribution in [3.8, 4) is 17.3 Å². The van der Waals surface area contributed by atoms with E-state index in [0.717, 1.165) is 36.1 Å². The van der Waals surface area contributed by atoms with E-state index in [4.69, 9.17) is 0 Å². The number of nitrogens with zero attached hydrogens (tertiary/aromatic N) is 9. The second kappa shape index (κ2) is 9.00. The van der Waals surface area contributed by atoms with Gasteiger partial charge in [-0.15, -0.1) is 10.2 Å². The molecular weight excluding hydrogens is 432 g/mol. The van der Waals surface area contributed by atoms with Gasteiger partial charge in [0.15, 0.2) is 0 Å². The number of H-pyrrole nitrogens is 1. The maximum Gasteiger partial charge on any atom is 0.335 e. The molecule has 0 saturated carbocycles. The first-order valence-electron chi connectivity index (χ1n) is 11.3. The van der Waals surface area contributed by atoms with Crippen LogP contribution >= 0.6 is 0 Å². The molecule has 4 heterocycles. The highest BCUT2D eigenvalue weighted by Gasteiger charge is 2.33. The monoisotopic (exact) mass is 458 g/mol. The van der Waals surface area contributed by atoms with Crippen LogP contribution in [0.4, 0.5) is 0 Å². The van der Waals surface area contributed by atoms with Gasteiger partial charge >= 0.3 is 5.69 Å². The van der Waals surface area contributed by atoms with Crippen molar-refractivity contribution in [3.05, 3.63) is 70.8 Å². The zero-order chi connectivity index (χ0) is 23.5. The third-order valence-electron chi connectivity index (χ3n) is 6.27. The van der Waals surface area contributed by atoms with Crippen LogP contribution in [0.15, 0.2) is 58.9 Å². The molecule has 4 aromatic rings. The largest absolute Gasteiger partial charge is 0.335 e. The minimum Gasteiger partial charge on any atom is -0.295 e. The van der Waals surface area contributed by atoms with Crippen LogP contribution in [-0.4, -0.2) is 50.7 Å². The zero-order valence-corrected chi connectivity index (χ0v) is 19.2. The molecule has 0 aliphatic carbocycles. The summed E-state index contributed by atoms with van der Waals surface area (Å²) in [6, 6.07) is 8.06. The maximum absolute atomic E-state index is 13.7. The Kier molecular flexibility index (Phi) is 5.74. The molecule has 0 saturated heterocycles. The standard InChI is InChI=1S/C23H26N10O/c1-3-4-8-19-14-32(21-25-16-26-31(21)2)22(34)33(19)15-23(9-11-24-12-10-23)18-7-5-6-17(13-18)20-27-29-30-28-20/h5-7,9,11-14,16H,3-4,8,10,15H2,1-2H3,(H,27,28,29,30). The number of aromatic nitrogens is 9. The lowest BCUT2D eigenvalue weighted by atomic mass is 9.76. The molecule has 174 valence electrons. The van der Waals surface area contributed by atoms with Crippen LogP contribution in [0.1, 0.15) is 37.4 Å². The van der Waals surface area contributed by atoms with E-state index in [1.54, 1.807) is 22.5 Å². The molecule has 1 atom stereocenters. The van der Waals surface area contributed by atoms with Gasteiger partial charge in [0.1, 0.15) is 6.33 Å². The van der Waals surface area contributed by atoms with Crippen molar-refractivity contribution in [2.24, 2.45) is 12.0 Å². The quantitative estimate of drug-likeness (QED) is 0.432. The third kappa shape index (κ3) is 3.89. The van der Waals surface area contributed by atoms with Gasteiger partial charge in [0.25, 0.3) is 0 Å². The van der Waals surface area contributed by atoms with Gasteiger partial charge in [-0.1, -0.05) is 37.6 Å². The van der Waals surface area contributed by atoms with Crippen molar-refractivity contribution < 1.29 is 0 Å². The molecular formula is C23H26N10O. The highest BCUT2D eigenvalue weighted by molar-refractivity contribution is 5.65. The Labute approximate surface area is 195 Å². The number of hydrogen-bond acceptors (Lipinski definition) is 7. The van der Waals surface area contributed by atoms with Crippen LogP contribution in [0.5, 0.6) is 0 Å². The van der Waals surface area contributed by atoms with E-state index in [0.29, 0.717) is 24.7 Å². The molecule has 0 radical (unpaired) electrons. The maximum atomic E-state index is 13.7. The molecule has 11 nitrogen and oxygen atoms in total. The lowest BCUT2D eigenvalue weighted by molar-refractivity contribution is 0.438. The first-order valence-corrected chi connectivity index (χ1v) is 11.3. The zero-order valence-electron chi connectivity index (χ0n) is 19.2. The summed E-state index contributed by atoms with van der Waals surface area (Å²) in [4.78, 5) is 22.3. The fraction of sp³-hybridized carbons (Fsp3) is 0.348. The topological polar surface area (TPSA) is 124 Å². The fourth-order valence-corrected chi connectivity index (χ4v) is 4.39. The lowest BCUT2D eigenvalue weighted by Gasteiger charge is -2.32. The second-order valence-corrected chi connectivity index (χ2v) is 8.47. The number of allylic oxidation sites excluding steroid dienone is 1. The molecule has 3 aromatic heterocycles. The summed E-state index contributed by atoms with van der Waals surface area (Å²) < 4.78 is 5.06. The van der Waals surface area contributed by atoms with Crippen molar-refractivity contribution in [3.63, 3.8) is 0 Å².